The Bertz CT molecular complexity index is 237. The van der Waals surface area contributed by atoms with Crippen LogP contribution in [0.4, 0.5) is 0 Å². The summed E-state index contributed by atoms with van der Waals surface area (Å²) in [6.45, 7) is 7.24. The first-order chi connectivity index (χ1) is 7.67. The van der Waals surface area contributed by atoms with Crippen LogP contribution in [0.5, 0.6) is 0 Å². The van der Waals surface area contributed by atoms with Gasteiger partial charge in [0.2, 0.25) is 0 Å². The van der Waals surface area contributed by atoms with E-state index < -0.39 is 0 Å². The van der Waals surface area contributed by atoms with Crippen molar-refractivity contribution in [3.63, 3.8) is 0 Å². The summed E-state index contributed by atoms with van der Waals surface area (Å²) in [5.41, 5.74) is 0. The number of hydrogen-bond donors (Lipinski definition) is 2. The van der Waals surface area contributed by atoms with Gasteiger partial charge in [0.1, 0.15) is 0 Å². The van der Waals surface area contributed by atoms with Gasteiger partial charge in [0.25, 0.3) is 0 Å². The predicted octanol–water partition coefficient (Wildman–Crippen LogP) is 0.581. The highest BCUT2D eigenvalue weighted by molar-refractivity contribution is 4.89. The van der Waals surface area contributed by atoms with Gasteiger partial charge in [0.05, 0.1) is 18.7 Å². The molecule has 0 aromatic rings. The first-order valence-electron chi connectivity index (χ1n) is 6.18. The molecule has 92 valence electrons. The molecule has 0 radical (unpaired) electrons. The first-order valence-corrected chi connectivity index (χ1v) is 6.18. The highest BCUT2D eigenvalue weighted by Gasteiger charge is 2.29. The van der Waals surface area contributed by atoms with E-state index in [1.54, 1.807) is 0 Å². The molecule has 1 saturated heterocycles. The number of piperidine rings is 1. The van der Waals surface area contributed by atoms with Gasteiger partial charge in [-0.2, -0.15) is 5.26 Å². The first kappa shape index (κ1) is 13.4. The van der Waals surface area contributed by atoms with E-state index in [1.807, 2.05) is 6.92 Å². The standard InChI is InChI=1S/C12H23N3O/c1-3-5-14-12-7-11(10(2)16)8-15(9-12)6-4-13/h10-12,14,16H,3,5-9H2,1-2H3. The fourth-order valence-corrected chi connectivity index (χ4v) is 2.31. The number of likely N-dealkylation sites (tertiary alicyclic amines) is 1. The third-order valence-electron chi connectivity index (χ3n) is 3.22. The van der Waals surface area contributed by atoms with Gasteiger partial charge in [0, 0.05) is 19.1 Å². The molecule has 16 heavy (non-hydrogen) atoms. The van der Waals surface area contributed by atoms with E-state index in [4.69, 9.17) is 5.26 Å². The van der Waals surface area contributed by atoms with Crippen LogP contribution >= 0.6 is 0 Å². The zero-order valence-electron chi connectivity index (χ0n) is 10.3. The number of nitrogens with zero attached hydrogens (tertiary/aromatic N) is 2. The molecule has 1 aliphatic heterocycles. The molecular weight excluding hydrogens is 202 g/mol. The van der Waals surface area contributed by atoms with Crippen LogP contribution in [0.2, 0.25) is 0 Å². The Morgan fingerprint density at radius 1 is 1.56 bits per heavy atom. The van der Waals surface area contributed by atoms with E-state index >= 15 is 0 Å². The van der Waals surface area contributed by atoms with Crippen molar-refractivity contribution in [3.8, 4) is 6.07 Å². The highest BCUT2D eigenvalue weighted by atomic mass is 16.3. The Balaban J connectivity index is 2.49. The van der Waals surface area contributed by atoms with Gasteiger partial charge in [-0.1, -0.05) is 6.92 Å². The fourth-order valence-electron chi connectivity index (χ4n) is 2.31. The minimum absolute atomic E-state index is 0.285. The van der Waals surface area contributed by atoms with Gasteiger partial charge in [0.15, 0.2) is 0 Å². The molecule has 0 saturated carbocycles. The van der Waals surface area contributed by atoms with Gasteiger partial charge in [-0.15, -0.1) is 0 Å². The SMILES string of the molecule is CCCNC1CC(C(C)O)CN(CC#N)C1. The minimum atomic E-state index is -0.285. The largest absolute Gasteiger partial charge is 0.393 e. The number of aliphatic hydroxyl groups excluding tert-OH is 1. The summed E-state index contributed by atoms with van der Waals surface area (Å²) < 4.78 is 0. The molecular formula is C12H23N3O. The summed E-state index contributed by atoms with van der Waals surface area (Å²) in [6.07, 6.45) is 1.85. The van der Waals surface area contributed by atoms with E-state index in [0.717, 1.165) is 32.5 Å². The van der Waals surface area contributed by atoms with E-state index in [2.05, 4.69) is 23.2 Å². The van der Waals surface area contributed by atoms with Gasteiger partial charge in [-0.25, -0.2) is 0 Å². The number of nitriles is 1. The Morgan fingerprint density at radius 3 is 2.88 bits per heavy atom. The molecule has 0 aromatic heterocycles. The van der Waals surface area contributed by atoms with Crippen molar-refractivity contribution in [2.45, 2.75) is 38.8 Å². The van der Waals surface area contributed by atoms with Crippen LogP contribution in [0, 0.1) is 17.2 Å². The van der Waals surface area contributed by atoms with Crippen LogP contribution in [0.25, 0.3) is 0 Å². The summed E-state index contributed by atoms with van der Waals surface area (Å²) in [6, 6.07) is 2.61. The maximum Gasteiger partial charge on any atom is 0.0866 e. The zero-order chi connectivity index (χ0) is 12.0. The zero-order valence-corrected chi connectivity index (χ0v) is 10.3. The molecule has 1 heterocycles. The van der Waals surface area contributed by atoms with Gasteiger partial charge in [-0.05, 0) is 32.2 Å². The van der Waals surface area contributed by atoms with Gasteiger partial charge >= 0.3 is 0 Å². The summed E-state index contributed by atoms with van der Waals surface area (Å²) in [5, 5.41) is 21.9. The molecule has 1 rings (SSSR count). The molecule has 3 unspecified atom stereocenters. The predicted molar refractivity (Wildman–Crippen MR) is 63.9 cm³/mol. The lowest BCUT2D eigenvalue weighted by atomic mass is 9.90. The second-order valence-corrected chi connectivity index (χ2v) is 4.74. The Labute approximate surface area is 98.2 Å². The lowest BCUT2D eigenvalue weighted by molar-refractivity contribution is 0.0535. The maximum absolute atomic E-state index is 9.67. The quantitative estimate of drug-likeness (QED) is 0.672. The second kappa shape index (κ2) is 6.85. The molecule has 4 nitrogen and oxygen atoms in total. The van der Waals surface area contributed by atoms with Crippen molar-refractivity contribution >= 4 is 0 Å². The molecule has 0 aromatic carbocycles. The van der Waals surface area contributed by atoms with E-state index in [0.29, 0.717) is 12.6 Å². The maximum atomic E-state index is 9.67. The van der Waals surface area contributed by atoms with Crippen molar-refractivity contribution in [2.24, 2.45) is 5.92 Å². The molecule has 0 bridgehead atoms. The van der Waals surface area contributed by atoms with Crippen LogP contribution in [0.15, 0.2) is 0 Å². The average Bonchev–Trinajstić information content (AvgIpc) is 2.26. The smallest absolute Gasteiger partial charge is 0.0866 e. The van der Waals surface area contributed by atoms with Gasteiger partial charge in [-0.3, -0.25) is 4.90 Å². The highest BCUT2D eigenvalue weighted by Crippen LogP contribution is 2.19. The lowest BCUT2D eigenvalue weighted by Gasteiger charge is -2.38. The third kappa shape index (κ3) is 4.09. The third-order valence-corrected chi connectivity index (χ3v) is 3.22. The topological polar surface area (TPSA) is 59.3 Å². The summed E-state index contributed by atoms with van der Waals surface area (Å²) in [7, 11) is 0. The Hall–Kier alpha value is -0.630. The number of aliphatic hydroxyl groups is 1. The Kier molecular flexibility index (Phi) is 5.75. The van der Waals surface area contributed by atoms with Crippen LogP contribution in [-0.2, 0) is 0 Å². The summed E-state index contributed by atoms with van der Waals surface area (Å²) in [5.74, 6) is 0.288. The van der Waals surface area contributed by atoms with Gasteiger partial charge < -0.3 is 10.4 Å². The van der Waals surface area contributed by atoms with Crippen LogP contribution in [0.3, 0.4) is 0 Å². The van der Waals surface area contributed by atoms with Crippen molar-refractivity contribution in [1.29, 1.82) is 5.26 Å². The van der Waals surface area contributed by atoms with Crippen molar-refractivity contribution in [1.82, 2.24) is 10.2 Å². The molecule has 0 spiro atoms. The van der Waals surface area contributed by atoms with E-state index in [1.165, 1.54) is 0 Å². The molecule has 0 aliphatic carbocycles. The van der Waals surface area contributed by atoms with Crippen LogP contribution in [0.1, 0.15) is 26.7 Å². The number of hydrogen-bond acceptors (Lipinski definition) is 4. The summed E-state index contributed by atoms with van der Waals surface area (Å²) >= 11 is 0. The van der Waals surface area contributed by atoms with E-state index in [-0.39, 0.29) is 12.0 Å². The monoisotopic (exact) mass is 225 g/mol. The molecule has 1 aliphatic rings. The Morgan fingerprint density at radius 2 is 2.31 bits per heavy atom. The van der Waals surface area contributed by atoms with Crippen molar-refractivity contribution in [3.05, 3.63) is 0 Å². The fraction of sp³-hybridized carbons (Fsp3) is 0.917. The molecule has 2 N–H and O–H groups in total. The van der Waals surface area contributed by atoms with Crippen LogP contribution < -0.4 is 5.32 Å². The lowest BCUT2D eigenvalue weighted by Crippen LogP contribution is -2.51. The number of rotatable bonds is 5. The molecule has 3 atom stereocenters. The van der Waals surface area contributed by atoms with Crippen molar-refractivity contribution in [2.75, 3.05) is 26.2 Å². The van der Waals surface area contributed by atoms with Crippen molar-refractivity contribution < 1.29 is 5.11 Å². The minimum Gasteiger partial charge on any atom is -0.393 e. The molecule has 1 fully saturated rings. The molecule has 4 heteroatoms. The second-order valence-electron chi connectivity index (χ2n) is 4.74. The van der Waals surface area contributed by atoms with Crippen LogP contribution in [-0.4, -0.2) is 48.3 Å². The number of nitrogens with one attached hydrogen (secondary N) is 1. The normalized spacial score (nSPS) is 28.6. The molecule has 0 amide bonds. The summed E-state index contributed by atoms with van der Waals surface area (Å²) in [4.78, 5) is 2.13. The van der Waals surface area contributed by atoms with E-state index in [9.17, 15) is 5.11 Å². The average molecular weight is 225 g/mol.